The van der Waals surface area contributed by atoms with Crippen LogP contribution in [0.3, 0.4) is 0 Å². The molecule has 72 valence electrons. The Hall–Kier alpha value is -1.36. The summed E-state index contributed by atoms with van der Waals surface area (Å²) in [6.45, 7) is 1.06. The average Bonchev–Trinajstić information content (AvgIpc) is 2.02. The van der Waals surface area contributed by atoms with Crippen molar-refractivity contribution >= 4 is 29.3 Å². The number of allylic oxidation sites excluding steroid dienone is 1. The maximum absolute atomic E-state index is 10.8. The lowest BCUT2D eigenvalue weighted by molar-refractivity contribution is -0.309. The van der Waals surface area contributed by atoms with Crippen LogP contribution in [-0.2, 0) is 14.4 Å². The summed E-state index contributed by atoms with van der Waals surface area (Å²) in [6, 6.07) is 0. The Labute approximate surface area is 78.6 Å². The van der Waals surface area contributed by atoms with Crippen molar-refractivity contribution in [2.75, 3.05) is 0 Å². The normalized spacial score (nSPS) is 13.5. The van der Waals surface area contributed by atoms with Gasteiger partial charge in [0.2, 0.25) is 0 Å². The zero-order valence-corrected chi connectivity index (χ0v) is 7.33. The molecule has 6 heteroatoms. The van der Waals surface area contributed by atoms with Crippen LogP contribution < -0.4 is 10.2 Å². The van der Waals surface area contributed by atoms with Crippen LogP contribution in [0.5, 0.6) is 0 Å². The lowest BCUT2D eigenvalue weighted by Gasteiger charge is -2.08. The summed E-state index contributed by atoms with van der Waals surface area (Å²) in [5, 5.41) is 19.3. The van der Waals surface area contributed by atoms with Crippen molar-refractivity contribution in [2.45, 2.75) is 6.92 Å². The first-order valence-electron chi connectivity index (χ1n) is 3.19. The lowest BCUT2D eigenvalue weighted by atomic mass is 10.1. The third-order valence-electron chi connectivity index (χ3n) is 1.24. The highest BCUT2D eigenvalue weighted by atomic mass is 35.5. The van der Waals surface area contributed by atoms with Crippen LogP contribution in [0.4, 0.5) is 0 Å². The third kappa shape index (κ3) is 3.71. The molecule has 0 aliphatic carbocycles. The standard InChI is InChI=1S/C7H7ClO5/c1-3(6(10)11)5(9)2-4(8)7(12)13/h2-3H,1H3,(H,10,11)(H,12,13)/p-2/b4-2+. The number of carbonyl (C=O) groups is 3. The fourth-order valence-electron chi connectivity index (χ4n) is 0.425. The number of aliphatic carboxylic acids is 2. The van der Waals surface area contributed by atoms with E-state index in [2.05, 4.69) is 0 Å². The summed E-state index contributed by atoms with van der Waals surface area (Å²) in [5.41, 5.74) is 0. The van der Waals surface area contributed by atoms with Gasteiger partial charge < -0.3 is 19.8 Å². The number of carboxylic acids is 2. The van der Waals surface area contributed by atoms with Crippen molar-refractivity contribution in [2.24, 2.45) is 5.92 Å². The molecule has 1 atom stereocenters. The van der Waals surface area contributed by atoms with Gasteiger partial charge in [-0.25, -0.2) is 0 Å². The molecule has 0 fully saturated rings. The molecule has 0 heterocycles. The molecule has 0 amide bonds. The van der Waals surface area contributed by atoms with Gasteiger partial charge in [0.15, 0.2) is 5.78 Å². The fourth-order valence-corrected chi connectivity index (χ4v) is 0.533. The quantitative estimate of drug-likeness (QED) is 0.383. The van der Waals surface area contributed by atoms with E-state index in [1.807, 2.05) is 0 Å². The second-order valence-electron chi connectivity index (χ2n) is 2.22. The second kappa shape index (κ2) is 4.61. The Morgan fingerprint density at radius 1 is 1.31 bits per heavy atom. The van der Waals surface area contributed by atoms with Crippen LogP contribution in [0.25, 0.3) is 0 Å². The molecule has 0 aliphatic heterocycles. The fraction of sp³-hybridized carbons (Fsp3) is 0.286. The summed E-state index contributed by atoms with van der Waals surface area (Å²) in [4.78, 5) is 31.0. The highest BCUT2D eigenvalue weighted by Gasteiger charge is 2.11. The van der Waals surface area contributed by atoms with E-state index in [1.54, 1.807) is 0 Å². The first-order valence-corrected chi connectivity index (χ1v) is 3.57. The SMILES string of the molecule is CC(C(=O)[O-])C(=O)/C=C(/Cl)C(=O)[O-]. The third-order valence-corrected chi connectivity index (χ3v) is 1.51. The molecular weight excluding hydrogens is 200 g/mol. The average molecular weight is 205 g/mol. The molecule has 0 rings (SSSR count). The van der Waals surface area contributed by atoms with E-state index >= 15 is 0 Å². The molecule has 0 saturated heterocycles. The number of rotatable bonds is 4. The number of hydrogen-bond donors (Lipinski definition) is 0. The number of hydrogen-bond acceptors (Lipinski definition) is 5. The summed E-state index contributed by atoms with van der Waals surface area (Å²) >= 11 is 5.02. The van der Waals surface area contributed by atoms with Gasteiger partial charge in [-0.1, -0.05) is 11.6 Å². The van der Waals surface area contributed by atoms with Crippen LogP contribution in [0.1, 0.15) is 6.92 Å². The highest BCUT2D eigenvalue weighted by Crippen LogP contribution is 2.04. The smallest absolute Gasteiger partial charge is 0.165 e. The van der Waals surface area contributed by atoms with E-state index in [0.29, 0.717) is 6.08 Å². The van der Waals surface area contributed by atoms with E-state index < -0.39 is 28.7 Å². The number of halogens is 1. The van der Waals surface area contributed by atoms with Crippen molar-refractivity contribution in [3.8, 4) is 0 Å². The predicted octanol–water partition coefficient (Wildman–Crippen LogP) is -2.19. The van der Waals surface area contributed by atoms with Gasteiger partial charge in [0, 0.05) is 6.08 Å². The monoisotopic (exact) mass is 204 g/mol. The molecule has 5 nitrogen and oxygen atoms in total. The van der Waals surface area contributed by atoms with Gasteiger partial charge >= 0.3 is 0 Å². The molecule has 0 bridgehead atoms. The topological polar surface area (TPSA) is 97.3 Å². The zero-order chi connectivity index (χ0) is 10.6. The van der Waals surface area contributed by atoms with Gasteiger partial charge in [-0.15, -0.1) is 0 Å². The zero-order valence-electron chi connectivity index (χ0n) is 6.57. The molecule has 0 aromatic carbocycles. The van der Waals surface area contributed by atoms with Crippen LogP contribution in [0.2, 0.25) is 0 Å². The number of carbonyl (C=O) groups excluding carboxylic acids is 3. The van der Waals surface area contributed by atoms with Crippen LogP contribution in [0, 0.1) is 5.92 Å². The lowest BCUT2D eigenvalue weighted by Crippen LogP contribution is -2.34. The first kappa shape index (κ1) is 11.6. The largest absolute Gasteiger partial charge is 0.549 e. The minimum atomic E-state index is -1.74. The Balaban J connectivity index is 4.56. The molecule has 0 aliphatic rings. The van der Waals surface area contributed by atoms with Crippen LogP contribution in [0.15, 0.2) is 11.1 Å². The molecule has 1 unspecified atom stereocenters. The summed E-state index contributed by atoms with van der Waals surface area (Å²) in [7, 11) is 0. The van der Waals surface area contributed by atoms with Gasteiger partial charge in [-0.3, -0.25) is 4.79 Å². The molecule has 0 radical (unpaired) electrons. The van der Waals surface area contributed by atoms with Crippen molar-refractivity contribution in [1.82, 2.24) is 0 Å². The summed E-state index contributed by atoms with van der Waals surface area (Å²) in [5.74, 6) is -5.70. The summed E-state index contributed by atoms with van der Waals surface area (Å²) in [6.07, 6.45) is 0.483. The van der Waals surface area contributed by atoms with Crippen LogP contribution >= 0.6 is 11.6 Å². The van der Waals surface area contributed by atoms with Gasteiger partial charge in [0.1, 0.15) is 0 Å². The number of carboxylic acid groups (broad SMARTS) is 2. The van der Waals surface area contributed by atoms with Crippen molar-refractivity contribution in [3.63, 3.8) is 0 Å². The second-order valence-corrected chi connectivity index (χ2v) is 2.63. The molecule has 13 heavy (non-hydrogen) atoms. The maximum Gasteiger partial charge on any atom is 0.165 e. The van der Waals surface area contributed by atoms with Crippen molar-refractivity contribution in [1.29, 1.82) is 0 Å². The molecule has 0 spiro atoms. The van der Waals surface area contributed by atoms with Gasteiger partial charge in [-0.05, 0) is 6.92 Å². The van der Waals surface area contributed by atoms with E-state index in [9.17, 15) is 24.6 Å². The van der Waals surface area contributed by atoms with E-state index in [4.69, 9.17) is 11.6 Å². The van der Waals surface area contributed by atoms with Crippen molar-refractivity contribution in [3.05, 3.63) is 11.1 Å². The molecular formula is C7H5ClO5-2. The first-order chi connectivity index (χ1) is 5.86. The van der Waals surface area contributed by atoms with E-state index in [0.717, 1.165) is 6.92 Å². The molecule has 0 saturated carbocycles. The highest BCUT2D eigenvalue weighted by molar-refractivity contribution is 6.42. The predicted molar refractivity (Wildman–Crippen MR) is 38.1 cm³/mol. The van der Waals surface area contributed by atoms with Gasteiger partial charge in [0.25, 0.3) is 0 Å². The Kier molecular flexibility index (Phi) is 4.13. The van der Waals surface area contributed by atoms with Crippen molar-refractivity contribution < 1.29 is 24.6 Å². The molecule has 0 aromatic heterocycles. The minimum Gasteiger partial charge on any atom is -0.549 e. The Bertz CT molecular complexity index is 281. The van der Waals surface area contributed by atoms with Gasteiger partial charge in [-0.2, -0.15) is 0 Å². The van der Waals surface area contributed by atoms with E-state index in [-0.39, 0.29) is 0 Å². The summed E-state index contributed by atoms with van der Waals surface area (Å²) < 4.78 is 0. The molecule has 0 N–H and O–H groups in total. The minimum absolute atomic E-state index is 0.483. The Morgan fingerprint density at radius 2 is 1.77 bits per heavy atom. The maximum atomic E-state index is 10.8. The molecule has 0 aromatic rings. The van der Waals surface area contributed by atoms with E-state index in [1.165, 1.54) is 0 Å². The van der Waals surface area contributed by atoms with Crippen LogP contribution in [-0.4, -0.2) is 17.7 Å². The van der Waals surface area contributed by atoms with Gasteiger partial charge in [0.05, 0.1) is 22.9 Å². The number of ketones is 1. The Morgan fingerprint density at radius 3 is 2.08 bits per heavy atom.